The molecule has 2 nitrogen and oxygen atoms in total. The zero-order valence-electron chi connectivity index (χ0n) is 12.6. The van der Waals surface area contributed by atoms with Crippen LogP contribution in [0.1, 0.15) is 31.1 Å². The Morgan fingerprint density at radius 1 is 0.905 bits per heavy atom. The van der Waals surface area contributed by atoms with Crippen molar-refractivity contribution in [3.8, 4) is 11.3 Å². The lowest BCUT2D eigenvalue weighted by atomic mass is 9.84. The lowest BCUT2D eigenvalue weighted by Crippen LogP contribution is -2.20. The highest BCUT2D eigenvalue weighted by atomic mass is 16.1. The van der Waals surface area contributed by atoms with Crippen molar-refractivity contribution in [2.75, 3.05) is 0 Å². The Hall–Kier alpha value is -2.35. The summed E-state index contributed by atoms with van der Waals surface area (Å²) in [5.74, 6) is 0.166. The fraction of sp³-hybridized carbons (Fsp3) is 0.211. The summed E-state index contributed by atoms with van der Waals surface area (Å²) in [5.41, 5.74) is 3.35. The van der Waals surface area contributed by atoms with Gasteiger partial charge in [0.05, 0.1) is 11.3 Å². The number of para-hydroxylation sites is 1. The van der Waals surface area contributed by atoms with E-state index < -0.39 is 5.41 Å². The van der Waals surface area contributed by atoms with Gasteiger partial charge in [-0.15, -0.1) is 0 Å². The van der Waals surface area contributed by atoms with E-state index >= 15 is 0 Å². The number of hydrogen-bond acceptors (Lipinski definition) is 1. The maximum absolute atomic E-state index is 12.9. The fourth-order valence-electron chi connectivity index (χ4n) is 2.57. The summed E-state index contributed by atoms with van der Waals surface area (Å²) in [6.45, 7) is 5.89. The lowest BCUT2D eigenvalue weighted by Gasteiger charge is -2.17. The number of Topliss-reactive ketones (excluding diaryl/α,β-unsaturated/α-hetero) is 1. The smallest absolute Gasteiger partial charge is 0.170 e. The number of aromatic nitrogens is 1. The Morgan fingerprint density at radius 3 is 2.19 bits per heavy atom. The van der Waals surface area contributed by atoms with E-state index in [0.717, 1.165) is 27.7 Å². The van der Waals surface area contributed by atoms with Gasteiger partial charge in [-0.1, -0.05) is 69.3 Å². The van der Waals surface area contributed by atoms with Gasteiger partial charge in [0.1, 0.15) is 0 Å². The van der Waals surface area contributed by atoms with E-state index in [4.69, 9.17) is 0 Å². The molecule has 21 heavy (non-hydrogen) atoms. The first kappa shape index (κ1) is 13.6. The molecular formula is C19H19NO. The maximum atomic E-state index is 12.9. The Bertz CT molecular complexity index is 791. The number of hydrogen-bond donors (Lipinski definition) is 1. The van der Waals surface area contributed by atoms with Crippen molar-refractivity contribution in [1.82, 2.24) is 4.98 Å². The number of nitrogens with one attached hydrogen (secondary N) is 1. The van der Waals surface area contributed by atoms with Gasteiger partial charge in [-0.05, 0) is 11.6 Å². The summed E-state index contributed by atoms with van der Waals surface area (Å²) in [7, 11) is 0. The molecule has 2 aromatic carbocycles. The summed E-state index contributed by atoms with van der Waals surface area (Å²) in [4.78, 5) is 16.3. The minimum absolute atomic E-state index is 0.166. The molecule has 0 saturated carbocycles. The minimum atomic E-state index is -0.408. The van der Waals surface area contributed by atoms with Crippen molar-refractivity contribution < 1.29 is 4.79 Å². The molecule has 0 amide bonds. The molecule has 1 aromatic heterocycles. The second-order valence-corrected chi connectivity index (χ2v) is 6.37. The van der Waals surface area contributed by atoms with Gasteiger partial charge in [-0.2, -0.15) is 0 Å². The quantitative estimate of drug-likeness (QED) is 0.652. The molecule has 0 aliphatic carbocycles. The highest BCUT2D eigenvalue weighted by Gasteiger charge is 2.28. The van der Waals surface area contributed by atoms with Crippen LogP contribution >= 0.6 is 0 Å². The molecule has 1 N–H and O–H groups in total. The van der Waals surface area contributed by atoms with Crippen molar-refractivity contribution >= 4 is 16.7 Å². The second-order valence-electron chi connectivity index (χ2n) is 6.37. The topological polar surface area (TPSA) is 32.9 Å². The average molecular weight is 277 g/mol. The number of fused-ring (bicyclic) bond motifs is 1. The highest BCUT2D eigenvalue weighted by Crippen LogP contribution is 2.34. The minimum Gasteiger partial charge on any atom is -0.354 e. The Morgan fingerprint density at radius 2 is 1.52 bits per heavy atom. The van der Waals surface area contributed by atoms with E-state index in [0.29, 0.717) is 0 Å². The molecule has 0 atom stereocenters. The number of H-pyrrole nitrogens is 1. The van der Waals surface area contributed by atoms with Gasteiger partial charge in [-0.3, -0.25) is 4.79 Å². The first-order valence-electron chi connectivity index (χ1n) is 7.19. The number of benzene rings is 2. The molecule has 0 saturated heterocycles. The van der Waals surface area contributed by atoms with Crippen molar-refractivity contribution in [2.24, 2.45) is 5.41 Å². The average Bonchev–Trinajstić information content (AvgIpc) is 2.85. The number of ketones is 1. The van der Waals surface area contributed by atoms with Crippen LogP contribution in [-0.2, 0) is 0 Å². The Balaban J connectivity index is 2.32. The van der Waals surface area contributed by atoms with Gasteiger partial charge in [0.15, 0.2) is 5.78 Å². The summed E-state index contributed by atoms with van der Waals surface area (Å²) >= 11 is 0. The molecule has 0 aliphatic heterocycles. The van der Waals surface area contributed by atoms with Crippen LogP contribution in [0, 0.1) is 5.41 Å². The molecule has 0 aliphatic rings. The van der Waals surface area contributed by atoms with E-state index in [9.17, 15) is 4.79 Å². The van der Waals surface area contributed by atoms with Crippen LogP contribution in [0.3, 0.4) is 0 Å². The molecule has 0 unspecified atom stereocenters. The van der Waals surface area contributed by atoms with E-state index in [1.807, 2.05) is 75.4 Å². The third-order valence-corrected chi connectivity index (χ3v) is 3.68. The number of aromatic amines is 1. The molecule has 3 aromatic rings. The van der Waals surface area contributed by atoms with Gasteiger partial charge in [0.2, 0.25) is 0 Å². The zero-order chi connectivity index (χ0) is 15.0. The van der Waals surface area contributed by atoms with Gasteiger partial charge in [0, 0.05) is 16.3 Å². The fourth-order valence-corrected chi connectivity index (χ4v) is 2.57. The van der Waals surface area contributed by atoms with E-state index in [1.54, 1.807) is 0 Å². The monoisotopic (exact) mass is 277 g/mol. The van der Waals surface area contributed by atoms with Gasteiger partial charge >= 0.3 is 0 Å². The predicted molar refractivity (Wildman–Crippen MR) is 87.5 cm³/mol. The number of carbonyl (C=O) groups excluding carboxylic acids is 1. The third kappa shape index (κ3) is 2.38. The van der Waals surface area contributed by atoms with Crippen molar-refractivity contribution in [2.45, 2.75) is 20.8 Å². The zero-order valence-corrected chi connectivity index (χ0v) is 12.6. The standard InChI is InChI=1S/C19H19NO/c1-19(2,3)18(21)16-14-11-7-8-12-15(14)20-17(16)13-9-5-4-6-10-13/h4-12,20H,1-3H3. The molecule has 2 heteroatoms. The molecular weight excluding hydrogens is 258 g/mol. The number of carbonyl (C=O) groups is 1. The molecule has 0 fully saturated rings. The second kappa shape index (κ2) is 4.88. The molecule has 0 bridgehead atoms. The van der Waals surface area contributed by atoms with Crippen LogP contribution in [0.25, 0.3) is 22.2 Å². The third-order valence-electron chi connectivity index (χ3n) is 3.68. The Labute approximate surface area is 124 Å². The van der Waals surface area contributed by atoms with Crippen LogP contribution in [0.5, 0.6) is 0 Å². The summed E-state index contributed by atoms with van der Waals surface area (Å²) in [6.07, 6.45) is 0. The summed E-state index contributed by atoms with van der Waals surface area (Å²) in [6, 6.07) is 18.0. The van der Waals surface area contributed by atoms with Crippen molar-refractivity contribution in [3.05, 3.63) is 60.2 Å². The molecule has 3 rings (SSSR count). The van der Waals surface area contributed by atoms with Crippen molar-refractivity contribution in [3.63, 3.8) is 0 Å². The van der Waals surface area contributed by atoms with Gasteiger partial charge in [0.25, 0.3) is 0 Å². The maximum Gasteiger partial charge on any atom is 0.170 e. The van der Waals surface area contributed by atoms with E-state index in [1.165, 1.54) is 0 Å². The van der Waals surface area contributed by atoms with Crippen molar-refractivity contribution in [1.29, 1.82) is 0 Å². The van der Waals surface area contributed by atoms with Crippen LogP contribution in [-0.4, -0.2) is 10.8 Å². The largest absolute Gasteiger partial charge is 0.354 e. The Kier molecular flexibility index (Phi) is 3.17. The normalized spacial score (nSPS) is 11.8. The highest BCUT2D eigenvalue weighted by molar-refractivity contribution is 6.15. The van der Waals surface area contributed by atoms with Crippen LogP contribution in [0.15, 0.2) is 54.6 Å². The molecule has 106 valence electrons. The molecule has 0 spiro atoms. The lowest BCUT2D eigenvalue weighted by molar-refractivity contribution is 0.0861. The van der Waals surface area contributed by atoms with Crippen LogP contribution < -0.4 is 0 Å². The van der Waals surface area contributed by atoms with E-state index in [2.05, 4.69) is 4.98 Å². The van der Waals surface area contributed by atoms with Crippen LogP contribution in [0.4, 0.5) is 0 Å². The van der Waals surface area contributed by atoms with Crippen LogP contribution in [0.2, 0.25) is 0 Å². The first-order valence-corrected chi connectivity index (χ1v) is 7.19. The van der Waals surface area contributed by atoms with Gasteiger partial charge in [-0.25, -0.2) is 0 Å². The molecule has 0 radical (unpaired) electrons. The SMILES string of the molecule is CC(C)(C)C(=O)c1c(-c2ccccc2)[nH]c2ccccc12. The van der Waals surface area contributed by atoms with Gasteiger partial charge < -0.3 is 4.98 Å². The predicted octanol–water partition coefficient (Wildman–Crippen LogP) is 5.06. The first-order chi connectivity index (χ1) is 9.98. The number of rotatable bonds is 2. The van der Waals surface area contributed by atoms with E-state index in [-0.39, 0.29) is 5.78 Å². The summed E-state index contributed by atoms with van der Waals surface area (Å²) in [5, 5.41) is 0.997. The summed E-state index contributed by atoms with van der Waals surface area (Å²) < 4.78 is 0. The molecule has 1 heterocycles.